The number of fused-ring (bicyclic) bond motifs is 11. The molecule has 143 heavy (non-hydrogen) atoms. The maximum absolute atomic E-state index is 4.34. The third kappa shape index (κ3) is 46.7. The zero-order valence-electron chi connectivity index (χ0n) is 91.2. The first-order valence-corrected chi connectivity index (χ1v) is 50.0. The molecule has 0 fully saturated rings. The van der Waals surface area contributed by atoms with Crippen molar-refractivity contribution >= 4 is 120 Å². The second kappa shape index (κ2) is 77.1. The van der Waals surface area contributed by atoms with Crippen LogP contribution in [0.25, 0.3) is 120 Å². The number of aromatic nitrogens is 21. The molecule has 21 heteroatoms. The number of aryl methyl sites for hydroxylation is 11. The zero-order chi connectivity index (χ0) is 106. The van der Waals surface area contributed by atoms with Gasteiger partial charge in [0, 0.05) is 205 Å². The van der Waals surface area contributed by atoms with Crippen molar-refractivity contribution in [3.63, 3.8) is 0 Å². The molecule has 19 heterocycles. The first kappa shape index (κ1) is 125. The normalized spacial score (nSPS) is 9.15. The van der Waals surface area contributed by atoms with E-state index in [0.29, 0.717) is 0 Å². The molecule has 22 rings (SSSR count). The fourth-order valence-electron chi connectivity index (χ4n) is 11.9. The van der Waals surface area contributed by atoms with Gasteiger partial charge in [-0.2, -0.15) is 0 Å². The molecule has 0 spiro atoms. The molecule has 748 valence electrons. The molecule has 19 aromatic heterocycles. The highest BCUT2D eigenvalue weighted by Crippen LogP contribution is 2.19. The van der Waals surface area contributed by atoms with E-state index in [9.17, 15) is 0 Å². The zero-order valence-corrected chi connectivity index (χ0v) is 91.2. The van der Waals surface area contributed by atoms with Crippen molar-refractivity contribution in [2.45, 2.75) is 228 Å². The highest BCUT2D eigenvalue weighted by atomic mass is 14.9. The van der Waals surface area contributed by atoms with Crippen molar-refractivity contribution in [2.75, 3.05) is 0 Å². The lowest BCUT2D eigenvalue weighted by molar-refractivity contribution is 1.09. The van der Waals surface area contributed by atoms with Crippen LogP contribution in [0.3, 0.4) is 0 Å². The van der Waals surface area contributed by atoms with E-state index in [4.69, 9.17) is 0 Å². The number of para-hydroxylation sites is 3. The maximum atomic E-state index is 4.34. The molecule has 0 aliphatic heterocycles. The maximum Gasteiger partial charge on any atom is 0.159 e. The van der Waals surface area contributed by atoms with Crippen LogP contribution in [-0.4, -0.2) is 105 Å². The van der Waals surface area contributed by atoms with Gasteiger partial charge in [0.15, 0.2) is 11.3 Å². The van der Waals surface area contributed by atoms with Crippen molar-refractivity contribution in [1.82, 2.24) is 105 Å². The molecule has 22 aromatic rings. The minimum absolute atomic E-state index is 0.818. The van der Waals surface area contributed by atoms with E-state index >= 15 is 0 Å². The SMILES string of the molecule is CC.CC.CC.CC.CC.CC.CC.CC.CC.CC.CC.Cc1cc2ccncc2cn1.Cc1cc2cnccc2cn1.Cc1cc2ncccc2cn1.Cc1ccc2cccnc2n1.Cc1ccc2ccncc2n1.Cc1ccc2cnccc2n1.Cc1ccc2ncccc2c1.Cc1ccc2ncccc2n1.Cc1cnc2ccccc2n1.Cc1cnc2ncccc2c1.Cc1ncc2ccccc2n1. The summed E-state index contributed by atoms with van der Waals surface area (Å²) in [5, 5.41) is 12.4. The van der Waals surface area contributed by atoms with Gasteiger partial charge in [-0.25, -0.2) is 34.9 Å². The lowest BCUT2D eigenvalue weighted by Crippen LogP contribution is -1.86. The third-order valence-electron chi connectivity index (χ3n) is 17.9. The average molecular weight is 1920 g/mol. The summed E-state index contributed by atoms with van der Waals surface area (Å²) < 4.78 is 0. The van der Waals surface area contributed by atoms with Crippen molar-refractivity contribution in [2.24, 2.45) is 0 Å². The van der Waals surface area contributed by atoms with Gasteiger partial charge in [-0.1, -0.05) is 206 Å². The van der Waals surface area contributed by atoms with E-state index < -0.39 is 0 Å². The summed E-state index contributed by atoms with van der Waals surface area (Å²) in [7, 11) is 0. The highest BCUT2D eigenvalue weighted by Gasteiger charge is 2.02. The van der Waals surface area contributed by atoms with Gasteiger partial charge in [0.05, 0.1) is 61.5 Å². The van der Waals surface area contributed by atoms with Crippen LogP contribution < -0.4 is 0 Å². The van der Waals surface area contributed by atoms with Crippen molar-refractivity contribution in [3.05, 3.63) is 405 Å². The molecule has 0 saturated heterocycles. The van der Waals surface area contributed by atoms with Gasteiger partial charge >= 0.3 is 0 Å². The van der Waals surface area contributed by atoms with Crippen LogP contribution in [-0.2, 0) is 0 Å². The van der Waals surface area contributed by atoms with Gasteiger partial charge in [-0.3, -0.25) is 69.8 Å². The molecular formula is C122H155N21. The van der Waals surface area contributed by atoms with Crippen LogP contribution in [0.2, 0.25) is 0 Å². The molecule has 0 aliphatic rings. The van der Waals surface area contributed by atoms with E-state index in [1.165, 1.54) is 21.9 Å². The Balaban J connectivity index is 0.000000771. The fraction of sp³-hybridized carbons (Fsp3) is 0.270. The number of pyridine rings is 17. The van der Waals surface area contributed by atoms with Crippen molar-refractivity contribution in [3.8, 4) is 0 Å². The Bertz CT molecular complexity index is 5670. The second-order valence-electron chi connectivity index (χ2n) is 27.9. The topological polar surface area (TPSA) is 271 Å². The van der Waals surface area contributed by atoms with Crippen LogP contribution in [0.4, 0.5) is 0 Å². The summed E-state index contributed by atoms with van der Waals surface area (Å²) in [6, 6.07) is 73.8. The highest BCUT2D eigenvalue weighted by molar-refractivity contribution is 5.84. The van der Waals surface area contributed by atoms with Crippen LogP contribution >= 0.6 is 0 Å². The predicted octanol–water partition coefficient (Wildman–Crippen LogP) is 33.2. The van der Waals surface area contributed by atoms with Crippen LogP contribution in [0.1, 0.15) is 215 Å². The quantitative estimate of drug-likeness (QED) is 0.136. The molecule has 0 aliphatic carbocycles. The number of benzene rings is 3. The number of nitrogens with zero attached hydrogens (tertiary/aromatic N) is 21. The Labute approximate surface area is 852 Å². The van der Waals surface area contributed by atoms with Gasteiger partial charge in [-0.15, -0.1) is 0 Å². The van der Waals surface area contributed by atoms with Gasteiger partial charge in [-0.05, 0) is 263 Å². The molecule has 0 amide bonds. The summed E-state index contributed by atoms with van der Waals surface area (Å²) in [5.74, 6) is 0.823. The molecule has 0 bridgehead atoms. The van der Waals surface area contributed by atoms with E-state index in [0.717, 1.165) is 161 Å². The molecule has 0 N–H and O–H groups in total. The Morgan fingerprint density at radius 1 is 0.140 bits per heavy atom. The molecule has 0 atom stereocenters. The Morgan fingerprint density at radius 2 is 0.510 bits per heavy atom. The first-order valence-electron chi connectivity index (χ1n) is 50.0. The summed E-state index contributed by atoms with van der Waals surface area (Å²) >= 11 is 0. The molecule has 0 saturated carbocycles. The largest absolute Gasteiger partial charge is 0.264 e. The first-order chi connectivity index (χ1) is 70.0. The third-order valence-corrected chi connectivity index (χ3v) is 17.9. The standard InChI is InChI=1S/C10H9N.10C9H8N2.11C2H6/c1-8-4-5-10-9(7-8)3-2-6-11-10;1-7-4-9-5-10-3-2-8(9)6-11-7;1-7-4-8-2-3-10-5-9(8)6-11-7;1-7-2-3-8-6-10-5-4-9(8)11-7;1-7-2-3-8-4-5-10-6-9(8)11-7;1-7-4-5-8-9(11-7)3-2-6-10-8;1-7-4-5-8-3-2-6-10-9(8)11-7;1-7-5-9-8(6-11-7)3-2-4-10-9;1-7-5-8-3-2-4-10-9(8)11-6-7;1-7-10-6-8-4-2-3-5-9(8)11-7;1-7-6-10-8-4-2-3-5-9(8)11-7;11*1-2/h2-7H,1H3;10*2-6H,1H3;11*1-2H3. The van der Waals surface area contributed by atoms with Crippen LogP contribution in [0.15, 0.2) is 342 Å². The van der Waals surface area contributed by atoms with E-state index in [-0.39, 0.29) is 0 Å². The Hall–Kier alpha value is -15.8. The Kier molecular flexibility index (Phi) is 67.5. The van der Waals surface area contributed by atoms with Crippen molar-refractivity contribution < 1.29 is 0 Å². The summed E-state index contributed by atoms with van der Waals surface area (Å²) in [5.41, 5.74) is 21.2. The minimum Gasteiger partial charge on any atom is -0.264 e. The van der Waals surface area contributed by atoms with Gasteiger partial charge < -0.3 is 0 Å². The molecule has 0 radical (unpaired) electrons. The van der Waals surface area contributed by atoms with Gasteiger partial charge in [0.2, 0.25) is 0 Å². The average Bonchev–Trinajstić information content (AvgIpc) is 0.929. The lowest BCUT2D eigenvalue weighted by atomic mass is 10.1. The molecule has 3 aromatic carbocycles. The van der Waals surface area contributed by atoms with Crippen molar-refractivity contribution in [1.29, 1.82) is 0 Å². The fourth-order valence-corrected chi connectivity index (χ4v) is 11.9. The summed E-state index contributed by atoms with van der Waals surface area (Å²) in [4.78, 5) is 87.7. The summed E-state index contributed by atoms with van der Waals surface area (Å²) in [6.07, 6.45) is 34.3. The summed E-state index contributed by atoms with van der Waals surface area (Å²) in [6.45, 7) is 65.8. The van der Waals surface area contributed by atoms with E-state index in [1.807, 2.05) is 465 Å². The Morgan fingerprint density at radius 3 is 1.14 bits per heavy atom. The minimum atomic E-state index is 0.818. The molecule has 21 nitrogen and oxygen atoms in total. The molecule has 0 unspecified atom stereocenters. The molecular weight excluding hydrogens is 1760 g/mol. The van der Waals surface area contributed by atoms with Gasteiger partial charge in [0.1, 0.15) is 5.82 Å². The number of hydrogen-bond donors (Lipinski definition) is 0. The second-order valence-corrected chi connectivity index (χ2v) is 27.9. The number of rotatable bonds is 0. The number of hydrogen-bond acceptors (Lipinski definition) is 21. The van der Waals surface area contributed by atoms with Gasteiger partial charge in [0.25, 0.3) is 0 Å². The van der Waals surface area contributed by atoms with Crippen LogP contribution in [0, 0.1) is 76.2 Å². The van der Waals surface area contributed by atoms with E-state index in [1.54, 1.807) is 62.0 Å². The smallest absolute Gasteiger partial charge is 0.159 e. The predicted molar refractivity (Wildman–Crippen MR) is 614 cm³/mol. The monoisotopic (exact) mass is 1910 g/mol. The lowest BCUT2D eigenvalue weighted by Gasteiger charge is -1.95. The van der Waals surface area contributed by atoms with Crippen LogP contribution in [0.5, 0.6) is 0 Å². The van der Waals surface area contributed by atoms with E-state index in [2.05, 4.69) is 148 Å².